The molecule has 0 unspecified atom stereocenters. The number of aliphatic hydroxyl groups excluding tert-OH is 1. The van der Waals surface area contributed by atoms with Crippen molar-refractivity contribution in [3.05, 3.63) is 90.5 Å². The van der Waals surface area contributed by atoms with Crippen molar-refractivity contribution >= 4 is 28.9 Å². The van der Waals surface area contributed by atoms with Gasteiger partial charge in [0.2, 0.25) is 0 Å². The largest absolute Gasteiger partial charge is 0.453 e. The standard InChI is InChI=1S/C22H19N3O4/c26-20(15-29-22(28)21(27)16-7-3-1-4-8-16)23-17-11-13-19(14-12-17)25-24-18-9-5-2-6-10-18/h1-14,21,27H,15H2,(H,23,26)/t21-/m1/s1. The number of hydrogen-bond acceptors (Lipinski definition) is 6. The van der Waals surface area contributed by atoms with E-state index in [4.69, 9.17) is 4.74 Å². The molecule has 0 aliphatic heterocycles. The maximum Gasteiger partial charge on any atom is 0.340 e. The van der Waals surface area contributed by atoms with Crippen LogP contribution in [0.3, 0.4) is 0 Å². The summed E-state index contributed by atoms with van der Waals surface area (Å²) in [5.74, 6) is -1.40. The predicted molar refractivity (Wildman–Crippen MR) is 108 cm³/mol. The summed E-state index contributed by atoms with van der Waals surface area (Å²) in [4.78, 5) is 23.8. The Kier molecular flexibility index (Phi) is 6.80. The van der Waals surface area contributed by atoms with Gasteiger partial charge in [0, 0.05) is 5.69 Å². The molecule has 146 valence electrons. The number of carbonyl (C=O) groups excluding carboxylic acids is 2. The van der Waals surface area contributed by atoms with Crippen molar-refractivity contribution in [2.75, 3.05) is 11.9 Å². The topological polar surface area (TPSA) is 100 Å². The number of esters is 1. The first-order valence-electron chi connectivity index (χ1n) is 8.88. The molecule has 7 heteroatoms. The van der Waals surface area contributed by atoms with Crippen molar-refractivity contribution in [2.24, 2.45) is 10.2 Å². The van der Waals surface area contributed by atoms with E-state index in [-0.39, 0.29) is 0 Å². The lowest BCUT2D eigenvalue weighted by molar-refractivity contribution is -0.156. The molecule has 0 bridgehead atoms. The van der Waals surface area contributed by atoms with Gasteiger partial charge in [-0.25, -0.2) is 4.79 Å². The van der Waals surface area contributed by atoms with E-state index in [1.54, 1.807) is 54.6 Å². The molecule has 3 rings (SSSR count). The van der Waals surface area contributed by atoms with Gasteiger partial charge in [-0.3, -0.25) is 4.79 Å². The highest BCUT2D eigenvalue weighted by molar-refractivity contribution is 5.93. The molecule has 0 fully saturated rings. The van der Waals surface area contributed by atoms with Crippen LogP contribution in [0.15, 0.2) is 95.2 Å². The Hall–Kier alpha value is -3.84. The number of hydrogen-bond donors (Lipinski definition) is 2. The number of carbonyl (C=O) groups is 2. The summed E-state index contributed by atoms with van der Waals surface area (Å²) >= 11 is 0. The molecule has 1 atom stereocenters. The fourth-order valence-corrected chi connectivity index (χ4v) is 2.41. The van der Waals surface area contributed by atoms with Gasteiger partial charge in [-0.2, -0.15) is 10.2 Å². The Morgan fingerprint density at radius 3 is 2.00 bits per heavy atom. The average molecular weight is 389 g/mol. The second-order valence-electron chi connectivity index (χ2n) is 6.05. The summed E-state index contributed by atoms with van der Waals surface area (Å²) < 4.78 is 4.87. The second-order valence-corrected chi connectivity index (χ2v) is 6.05. The van der Waals surface area contributed by atoms with Gasteiger partial charge in [-0.05, 0) is 42.0 Å². The van der Waals surface area contributed by atoms with Gasteiger partial charge in [0.15, 0.2) is 12.7 Å². The third-order valence-electron chi connectivity index (χ3n) is 3.87. The Morgan fingerprint density at radius 1 is 0.828 bits per heavy atom. The van der Waals surface area contributed by atoms with Crippen LogP contribution < -0.4 is 5.32 Å². The second kappa shape index (κ2) is 9.91. The van der Waals surface area contributed by atoms with Crippen LogP contribution in [0.25, 0.3) is 0 Å². The highest BCUT2D eigenvalue weighted by Crippen LogP contribution is 2.20. The molecule has 0 heterocycles. The molecule has 0 saturated heterocycles. The summed E-state index contributed by atoms with van der Waals surface area (Å²) in [7, 11) is 0. The Balaban J connectivity index is 1.48. The minimum Gasteiger partial charge on any atom is -0.453 e. The molecule has 0 spiro atoms. The van der Waals surface area contributed by atoms with E-state index in [0.717, 1.165) is 5.69 Å². The highest BCUT2D eigenvalue weighted by atomic mass is 16.5. The SMILES string of the molecule is O=C(COC(=O)[C@H](O)c1ccccc1)Nc1ccc(N=Nc2ccccc2)cc1. The van der Waals surface area contributed by atoms with Gasteiger partial charge >= 0.3 is 5.97 Å². The number of ether oxygens (including phenoxy) is 1. The van der Waals surface area contributed by atoms with Crippen LogP contribution in [0.1, 0.15) is 11.7 Å². The maximum atomic E-state index is 12.0. The molecular formula is C22H19N3O4. The predicted octanol–water partition coefficient (Wildman–Crippen LogP) is 4.32. The molecule has 0 radical (unpaired) electrons. The van der Waals surface area contributed by atoms with Gasteiger partial charge in [0.25, 0.3) is 5.91 Å². The van der Waals surface area contributed by atoms with Crippen molar-refractivity contribution in [3.63, 3.8) is 0 Å². The number of amides is 1. The van der Waals surface area contributed by atoms with Crippen molar-refractivity contribution in [2.45, 2.75) is 6.10 Å². The maximum absolute atomic E-state index is 12.0. The van der Waals surface area contributed by atoms with Crippen molar-refractivity contribution in [1.82, 2.24) is 0 Å². The fourth-order valence-electron chi connectivity index (χ4n) is 2.41. The van der Waals surface area contributed by atoms with Crippen molar-refractivity contribution < 1.29 is 19.4 Å². The van der Waals surface area contributed by atoms with Crippen LogP contribution in [0, 0.1) is 0 Å². The third kappa shape index (κ3) is 6.08. The zero-order valence-corrected chi connectivity index (χ0v) is 15.4. The molecule has 0 saturated carbocycles. The molecule has 0 aliphatic rings. The van der Waals surface area contributed by atoms with Crippen molar-refractivity contribution in [1.29, 1.82) is 0 Å². The Morgan fingerprint density at radius 2 is 1.38 bits per heavy atom. The van der Waals surface area contributed by atoms with Gasteiger partial charge in [0.05, 0.1) is 11.4 Å². The Labute approximate surface area is 167 Å². The normalized spacial score (nSPS) is 11.8. The average Bonchev–Trinajstić information content (AvgIpc) is 2.78. The molecule has 1 amide bonds. The fraction of sp³-hybridized carbons (Fsp3) is 0.0909. The van der Waals surface area contributed by atoms with E-state index in [2.05, 4.69) is 15.5 Å². The molecule has 7 nitrogen and oxygen atoms in total. The number of rotatable bonds is 7. The number of nitrogens with one attached hydrogen (secondary N) is 1. The molecule has 2 N–H and O–H groups in total. The highest BCUT2D eigenvalue weighted by Gasteiger charge is 2.19. The first-order chi connectivity index (χ1) is 14.1. The number of nitrogens with zero attached hydrogens (tertiary/aromatic N) is 2. The summed E-state index contributed by atoms with van der Waals surface area (Å²) in [5, 5.41) is 20.8. The number of benzene rings is 3. The first-order valence-corrected chi connectivity index (χ1v) is 8.88. The minimum absolute atomic E-state index is 0.401. The first kappa shape index (κ1) is 19.9. The van der Waals surface area contributed by atoms with E-state index in [9.17, 15) is 14.7 Å². The molecule has 3 aromatic rings. The van der Waals surface area contributed by atoms with Crippen LogP contribution in [0.5, 0.6) is 0 Å². The monoisotopic (exact) mass is 389 g/mol. The third-order valence-corrected chi connectivity index (χ3v) is 3.87. The van der Waals surface area contributed by atoms with E-state index in [1.165, 1.54) is 0 Å². The number of azo groups is 1. The quantitative estimate of drug-likeness (QED) is 0.464. The van der Waals surface area contributed by atoms with E-state index < -0.39 is 24.6 Å². The lowest BCUT2D eigenvalue weighted by Crippen LogP contribution is -2.23. The van der Waals surface area contributed by atoms with Gasteiger partial charge < -0.3 is 15.2 Å². The summed E-state index contributed by atoms with van der Waals surface area (Å²) in [6.07, 6.45) is -1.43. The van der Waals surface area contributed by atoms with Crippen LogP contribution in [0.2, 0.25) is 0 Å². The summed E-state index contributed by atoms with van der Waals surface area (Å²) in [6, 6.07) is 24.4. The van der Waals surface area contributed by atoms with Gasteiger partial charge in [-0.15, -0.1) is 0 Å². The van der Waals surface area contributed by atoms with Gasteiger partial charge in [0.1, 0.15) is 0 Å². The van der Waals surface area contributed by atoms with E-state index in [1.807, 2.05) is 30.3 Å². The van der Waals surface area contributed by atoms with Crippen LogP contribution in [0.4, 0.5) is 17.1 Å². The molecule has 29 heavy (non-hydrogen) atoms. The van der Waals surface area contributed by atoms with Crippen molar-refractivity contribution in [3.8, 4) is 0 Å². The lowest BCUT2D eigenvalue weighted by Gasteiger charge is -2.11. The molecular weight excluding hydrogens is 370 g/mol. The lowest BCUT2D eigenvalue weighted by atomic mass is 10.1. The van der Waals surface area contributed by atoms with Crippen LogP contribution in [-0.4, -0.2) is 23.6 Å². The smallest absolute Gasteiger partial charge is 0.340 e. The molecule has 3 aromatic carbocycles. The summed E-state index contributed by atoms with van der Waals surface area (Å²) in [5.41, 5.74) is 2.29. The zero-order valence-electron chi connectivity index (χ0n) is 15.4. The number of anilines is 1. The summed E-state index contributed by atoms with van der Waals surface area (Å²) in [6.45, 7) is -0.502. The van der Waals surface area contributed by atoms with E-state index in [0.29, 0.717) is 16.9 Å². The minimum atomic E-state index is -1.43. The van der Waals surface area contributed by atoms with E-state index >= 15 is 0 Å². The molecule has 0 aliphatic carbocycles. The Bertz CT molecular complexity index is 974. The zero-order chi connectivity index (χ0) is 20.5. The van der Waals surface area contributed by atoms with Crippen LogP contribution >= 0.6 is 0 Å². The molecule has 0 aromatic heterocycles. The number of aliphatic hydroxyl groups is 1. The van der Waals surface area contributed by atoms with Crippen LogP contribution in [-0.2, 0) is 14.3 Å². The van der Waals surface area contributed by atoms with Gasteiger partial charge in [-0.1, -0.05) is 48.5 Å².